The van der Waals surface area contributed by atoms with Crippen LogP contribution in [0.5, 0.6) is 0 Å². The second-order valence-electron chi connectivity index (χ2n) is 7.56. The van der Waals surface area contributed by atoms with Crippen LogP contribution in [-0.4, -0.2) is 23.0 Å². The molecule has 2 aromatic heterocycles. The molecule has 9 heteroatoms. The number of rotatable bonds is 5. The molecule has 5 aromatic rings. The Hall–Kier alpha value is -3.13. The van der Waals surface area contributed by atoms with Crippen LogP contribution in [0, 0.1) is 0 Å². The maximum Gasteiger partial charge on any atom is 0.213 e. The van der Waals surface area contributed by atoms with Crippen molar-refractivity contribution in [3.63, 3.8) is 0 Å². The van der Waals surface area contributed by atoms with Gasteiger partial charge in [-0.3, -0.25) is 0 Å². The van der Waals surface area contributed by atoms with Crippen molar-refractivity contribution < 1.29 is 8.42 Å². The van der Waals surface area contributed by atoms with Crippen molar-refractivity contribution in [1.29, 1.82) is 0 Å². The van der Waals surface area contributed by atoms with Gasteiger partial charge in [0.25, 0.3) is 0 Å². The van der Waals surface area contributed by atoms with Crippen LogP contribution in [0.15, 0.2) is 82.6 Å². The summed E-state index contributed by atoms with van der Waals surface area (Å²) in [5.74, 6) is 0.0623. The number of hydrogen-bond acceptors (Lipinski definition) is 5. The van der Waals surface area contributed by atoms with Gasteiger partial charge in [0, 0.05) is 11.6 Å². The SMILES string of the molecule is Nc1c(S(=O)(=O)c2cc(Cl)ccc2Cl)c2nc3ccccc3nc2n1CCc1ccccc1. The highest BCUT2D eigenvalue weighted by Crippen LogP contribution is 2.38. The minimum Gasteiger partial charge on any atom is -0.384 e. The zero-order valence-electron chi connectivity index (χ0n) is 17.2. The highest BCUT2D eigenvalue weighted by molar-refractivity contribution is 7.92. The number of hydrogen-bond donors (Lipinski definition) is 1. The fourth-order valence-electron chi connectivity index (χ4n) is 3.86. The van der Waals surface area contributed by atoms with Gasteiger partial charge >= 0.3 is 0 Å². The lowest BCUT2D eigenvalue weighted by Gasteiger charge is -2.09. The number of nitrogens with two attached hydrogens (primary N) is 1. The number of benzene rings is 3. The summed E-state index contributed by atoms with van der Waals surface area (Å²) in [7, 11) is -4.14. The van der Waals surface area contributed by atoms with Gasteiger partial charge < -0.3 is 10.3 Å². The molecule has 0 fully saturated rings. The summed E-state index contributed by atoms with van der Waals surface area (Å²) >= 11 is 12.3. The fraction of sp³-hybridized carbons (Fsp3) is 0.0833. The molecule has 0 radical (unpaired) electrons. The van der Waals surface area contributed by atoms with E-state index in [2.05, 4.69) is 4.98 Å². The summed E-state index contributed by atoms with van der Waals surface area (Å²) < 4.78 is 29.2. The lowest BCUT2D eigenvalue weighted by molar-refractivity contribution is 0.596. The van der Waals surface area contributed by atoms with Crippen molar-refractivity contribution in [3.8, 4) is 0 Å². The molecule has 0 spiro atoms. The Labute approximate surface area is 200 Å². The normalized spacial score (nSPS) is 11.9. The maximum absolute atomic E-state index is 13.8. The van der Waals surface area contributed by atoms with Gasteiger partial charge in [-0.2, -0.15) is 0 Å². The quantitative estimate of drug-likeness (QED) is 0.344. The Balaban J connectivity index is 1.77. The van der Waals surface area contributed by atoms with Crippen molar-refractivity contribution in [2.45, 2.75) is 22.8 Å². The number of fused-ring (bicyclic) bond motifs is 2. The first-order valence-electron chi connectivity index (χ1n) is 10.1. The van der Waals surface area contributed by atoms with E-state index in [1.54, 1.807) is 10.6 Å². The molecule has 2 heterocycles. The number of aryl methyl sites for hydroxylation is 2. The maximum atomic E-state index is 13.8. The van der Waals surface area contributed by atoms with Gasteiger partial charge in [0.2, 0.25) is 9.84 Å². The van der Waals surface area contributed by atoms with Crippen molar-refractivity contribution in [3.05, 3.63) is 88.4 Å². The second-order valence-corrected chi connectivity index (χ2v) is 10.3. The second kappa shape index (κ2) is 8.33. The number of nitrogen functional groups attached to an aromatic ring is 1. The van der Waals surface area contributed by atoms with Gasteiger partial charge in [-0.25, -0.2) is 18.4 Å². The van der Waals surface area contributed by atoms with Crippen LogP contribution in [0.4, 0.5) is 5.82 Å². The van der Waals surface area contributed by atoms with Crippen LogP contribution >= 0.6 is 23.2 Å². The summed E-state index contributed by atoms with van der Waals surface area (Å²) in [6.45, 7) is 0.429. The molecule has 0 saturated carbocycles. The molecule has 33 heavy (non-hydrogen) atoms. The molecule has 0 saturated heterocycles. The molecular weight excluding hydrogens is 479 g/mol. The minimum absolute atomic E-state index is 0.0535. The van der Waals surface area contributed by atoms with E-state index < -0.39 is 9.84 Å². The molecule has 0 amide bonds. The minimum atomic E-state index is -4.14. The third-order valence-electron chi connectivity index (χ3n) is 5.46. The van der Waals surface area contributed by atoms with Crippen LogP contribution in [-0.2, 0) is 22.8 Å². The largest absolute Gasteiger partial charge is 0.384 e. The molecule has 0 atom stereocenters. The van der Waals surface area contributed by atoms with Crippen molar-refractivity contribution >= 4 is 61.1 Å². The molecule has 3 aromatic carbocycles. The summed E-state index contributed by atoms with van der Waals surface area (Å²) in [4.78, 5) is 9.11. The number of nitrogens with zero attached hydrogens (tertiary/aromatic N) is 3. The molecule has 0 aliphatic heterocycles. The molecule has 6 nitrogen and oxygen atoms in total. The summed E-state index contributed by atoms with van der Waals surface area (Å²) in [6, 6.07) is 21.4. The summed E-state index contributed by atoms with van der Waals surface area (Å²) in [6.07, 6.45) is 0.640. The molecule has 0 bridgehead atoms. The molecule has 0 aliphatic carbocycles. The number of aromatic nitrogens is 3. The summed E-state index contributed by atoms with van der Waals surface area (Å²) in [5.41, 5.74) is 9.40. The topological polar surface area (TPSA) is 90.9 Å². The average Bonchev–Trinajstić information content (AvgIpc) is 3.09. The van der Waals surface area contributed by atoms with Crippen LogP contribution in [0.3, 0.4) is 0 Å². The van der Waals surface area contributed by atoms with E-state index in [0.717, 1.165) is 5.56 Å². The van der Waals surface area contributed by atoms with Gasteiger partial charge in [-0.1, -0.05) is 65.7 Å². The number of halogens is 2. The predicted octanol–water partition coefficient (Wildman–Crippen LogP) is 5.55. The molecule has 166 valence electrons. The first-order valence-corrected chi connectivity index (χ1v) is 12.4. The van der Waals surface area contributed by atoms with Gasteiger partial charge in [0.1, 0.15) is 16.2 Å². The Morgan fingerprint density at radius 2 is 1.55 bits per heavy atom. The van der Waals surface area contributed by atoms with Crippen LogP contribution in [0.1, 0.15) is 5.56 Å². The zero-order chi connectivity index (χ0) is 23.2. The van der Waals surface area contributed by atoms with Gasteiger partial charge in [0.05, 0.1) is 21.0 Å². The number of anilines is 1. The van der Waals surface area contributed by atoms with E-state index in [9.17, 15) is 8.42 Å². The van der Waals surface area contributed by atoms with E-state index in [1.807, 2.05) is 48.5 Å². The molecule has 0 unspecified atom stereocenters. The average molecular weight is 497 g/mol. The first kappa shape index (κ1) is 21.7. The van der Waals surface area contributed by atoms with E-state index in [4.69, 9.17) is 33.9 Å². The van der Waals surface area contributed by atoms with Crippen LogP contribution in [0.25, 0.3) is 22.2 Å². The van der Waals surface area contributed by atoms with E-state index in [0.29, 0.717) is 29.6 Å². The van der Waals surface area contributed by atoms with Crippen molar-refractivity contribution in [1.82, 2.24) is 14.5 Å². The van der Waals surface area contributed by atoms with Crippen LogP contribution < -0.4 is 5.73 Å². The third-order valence-corrected chi connectivity index (χ3v) is 8.00. The predicted molar refractivity (Wildman–Crippen MR) is 132 cm³/mol. The Kier molecular flexibility index (Phi) is 5.48. The smallest absolute Gasteiger partial charge is 0.213 e. The molecule has 2 N–H and O–H groups in total. The van der Waals surface area contributed by atoms with Gasteiger partial charge in [-0.15, -0.1) is 0 Å². The first-order chi connectivity index (χ1) is 15.9. The monoisotopic (exact) mass is 496 g/mol. The molecule has 0 aliphatic rings. The van der Waals surface area contributed by atoms with E-state index in [1.165, 1.54) is 18.2 Å². The number of para-hydroxylation sites is 2. The Morgan fingerprint density at radius 3 is 2.27 bits per heavy atom. The standard InChI is InChI=1S/C24H18Cl2N4O2S/c25-16-10-11-17(26)20(14-16)33(31,32)22-21-24(29-19-9-5-4-8-18(19)28-21)30(23(22)27)13-12-15-6-2-1-3-7-15/h1-11,14H,12-13,27H2. The molecule has 5 rings (SSSR count). The van der Waals surface area contributed by atoms with Crippen molar-refractivity contribution in [2.75, 3.05) is 5.73 Å². The van der Waals surface area contributed by atoms with E-state index >= 15 is 0 Å². The Bertz CT molecular complexity index is 1620. The highest BCUT2D eigenvalue weighted by Gasteiger charge is 2.31. The number of sulfone groups is 1. The highest BCUT2D eigenvalue weighted by atomic mass is 35.5. The van der Waals surface area contributed by atoms with Crippen molar-refractivity contribution in [2.24, 2.45) is 0 Å². The van der Waals surface area contributed by atoms with Gasteiger partial charge in [-0.05, 0) is 42.3 Å². The molecular formula is C24H18Cl2N4O2S. The zero-order valence-corrected chi connectivity index (χ0v) is 19.6. The summed E-state index contributed by atoms with van der Waals surface area (Å²) in [5, 5.41) is 0.304. The van der Waals surface area contributed by atoms with E-state index in [-0.39, 0.29) is 31.2 Å². The fourth-order valence-corrected chi connectivity index (χ4v) is 6.12. The van der Waals surface area contributed by atoms with Crippen LogP contribution in [0.2, 0.25) is 10.0 Å². The van der Waals surface area contributed by atoms with Gasteiger partial charge in [0.15, 0.2) is 5.65 Å². The lowest BCUT2D eigenvalue weighted by atomic mass is 10.1. The lowest BCUT2D eigenvalue weighted by Crippen LogP contribution is -2.10. The third kappa shape index (κ3) is 3.82. The Morgan fingerprint density at radius 1 is 0.879 bits per heavy atom.